The van der Waals surface area contributed by atoms with Crippen LogP contribution in [0.2, 0.25) is 0 Å². The van der Waals surface area contributed by atoms with Crippen molar-refractivity contribution in [2.75, 3.05) is 18.9 Å². The molecule has 8 heteroatoms. The molecule has 0 aliphatic rings. The van der Waals surface area contributed by atoms with Gasteiger partial charge < -0.3 is 20.5 Å². The molecule has 8 nitrogen and oxygen atoms in total. The molecular weight excluding hydrogens is 468 g/mol. The molecule has 3 rings (SSSR count). The van der Waals surface area contributed by atoms with Gasteiger partial charge in [0.2, 0.25) is 5.76 Å². The maximum Gasteiger partial charge on any atom is 0.289 e. The molecule has 0 atom stereocenters. The van der Waals surface area contributed by atoms with E-state index in [4.69, 9.17) is 4.52 Å². The third-order valence-electron chi connectivity index (χ3n) is 5.84. The van der Waals surface area contributed by atoms with Crippen molar-refractivity contribution in [1.82, 2.24) is 15.8 Å². The van der Waals surface area contributed by atoms with E-state index < -0.39 is 0 Å². The molecule has 1 heterocycles. The first kappa shape index (κ1) is 27.6. The first-order valence-electron chi connectivity index (χ1n) is 12.2. The third-order valence-corrected chi connectivity index (χ3v) is 5.84. The monoisotopic (exact) mass is 504 g/mol. The second-order valence-corrected chi connectivity index (χ2v) is 11.4. The highest BCUT2D eigenvalue weighted by molar-refractivity contribution is 6.06. The van der Waals surface area contributed by atoms with E-state index in [1.807, 2.05) is 54.5 Å². The van der Waals surface area contributed by atoms with Gasteiger partial charge in [0.25, 0.3) is 17.7 Å². The lowest BCUT2D eigenvalue weighted by molar-refractivity contribution is 0.0901. The average Bonchev–Trinajstić information content (AvgIpc) is 3.32. The summed E-state index contributed by atoms with van der Waals surface area (Å²) < 4.78 is 5.30. The van der Waals surface area contributed by atoms with Gasteiger partial charge in [0, 0.05) is 42.0 Å². The summed E-state index contributed by atoms with van der Waals surface area (Å²) >= 11 is 0. The summed E-state index contributed by atoms with van der Waals surface area (Å²) in [6.45, 7) is 14.6. The molecule has 3 aromatic rings. The van der Waals surface area contributed by atoms with Crippen molar-refractivity contribution in [2.24, 2.45) is 5.41 Å². The van der Waals surface area contributed by atoms with Gasteiger partial charge in [0.05, 0.1) is 0 Å². The average molecular weight is 505 g/mol. The zero-order chi connectivity index (χ0) is 27.5. The first-order chi connectivity index (χ1) is 17.2. The van der Waals surface area contributed by atoms with E-state index in [1.165, 1.54) is 0 Å². The minimum Gasteiger partial charge on any atom is -0.355 e. The number of hydrogen-bond donors (Lipinski definition) is 3. The van der Waals surface area contributed by atoms with Crippen molar-refractivity contribution in [3.63, 3.8) is 0 Å². The number of nitrogens with one attached hydrogen (secondary N) is 3. The van der Waals surface area contributed by atoms with Crippen LogP contribution in [0.25, 0.3) is 11.3 Å². The molecule has 1 aromatic heterocycles. The summed E-state index contributed by atoms with van der Waals surface area (Å²) in [7, 11) is 1.56. The van der Waals surface area contributed by atoms with Crippen molar-refractivity contribution >= 4 is 23.4 Å². The Balaban J connectivity index is 1.86. The second-order valence-electron chi connectivity index (χ2n) is 11.4. The molecule has 3 N–H and O–H groups in total. The fourth-order valence-electron chi connectivity index (χ4n) is 3.59. The molecule has 0 spiro atoms. The standard InChI is InChI=1S/C29H36N4O4/c1-17-9-10-21(14-22(17)23-15-24(37-33-23)27(36)31-16-28(2,3)4)32-26(35)19-11-18(25(34)30-8)12-20(13-19)29(5,6)7/h9-15H,16H2,1-8H3,(H,30,34)(H,31,36)(H,32,35). The van der Waals surface area contributed by atoms with E-state index >= 15 is 0 Å². The largest absolute Gasteiger partial charge is 0.355 e. The fraction of sp³-hybridized carbons (Fsp3) is 0.379. The van der Waals surface area contributed by atoms with Crippen LogP contribution in [-0.2, 0) is 5.41 Å². The molecular formula is C29H36N4O4. The molecule has 0 aliphatic carbocycles. The minimum absolute atomic E-state index is 0.0604. The van der Waals surface area contributed by atoms with Crippen LogP contribution in [0, 0.1) is 12.3 Å². The van der Waals surface area contributed by atoms with Gasteiger partial charge in [-0.05, 0) is 59.2 Å². The number of rotatable bonds is 6. The summed E-state index contributed by atoms with van der Waals surface area (Å²) in [6.07, 6.45) is 0. The number of carbonyl (C=O) groups is 3. The lowest BCUT2D eigenvalue weighted by atomic mass is 9.85. The van der Waals surface area contributed by atoms with Crippen LogP contribution in [0.15, 0.2) is 47.0 Å². The Kier molecular flexibility index (Phi) is 7.91. The van der Waals surface area contributed by atoms with E-state index in [-0.39, 0.29) is 34.3 Å². The quantitative estimate of drug-likeness (QED) is 0.420. The summed E-state index contributed by atoms with van der Waals surface area (Å²) in [5.74, 6) is -0.810. The molecule has 0 aliphatic heterocycles. The van der Waals surface area contributed by atoms with Gasteiger partial charge in [-0.1, -0.05) is 52.8 Å². The van der Waals surface area contributed by atoms with Crippen molar-refractivity contribution in [1.29, 1.82) is 0 Å². The molecule has 37 heavy (non-hydrogen) atoms. The highest BCUT2D eigenvalue weighted by Crippen LogP contribution is 2.28. The molecule has 3 amide bonds. The summed E-state index contributed by atoms with van der Waals surface area (Å²) in [5.41, 5.74) is 4.05. The Morgan fingerprint density at radius 3 is 2.11 bits per heavy atom. The molecule has 2 aromatic carbocycles. The van der Waals surface area contributed by atoms with Gasteiger partial charge in [0.15, 0.2) is 0 Å². The number of benzene rings is 2. The molecule has 0 saturated carbocycles. The Morgan fingerprint density at radius 1 is 0.865 bits per heavy atom. The predicted molar refractivity (Wildman–Crippen MR) is 145 cm³/mol. The molecule has 0 unspecified atom stereocenters. The molecule has 0 fully saturated rings. The van der Waals surface area contributed by atoms with E-state index in [1.54, 1.807) is 43.4 Å². The smallest absolute Gasteiger partial charge is 0.289 e. The summed E-state index contributed by atoms with van der Waals surface area (Å²) in [5, 5.41) is 12.5. The molecule has 0 radical (unpaired) electrons. The summed E-state index contributed by atoms with van der Waals surface area (Å²) in [6, 6.07) is 12.2. The molecule has 0 saturated heterocycles. The van der Waals surface area contributed by atoms with Crippen molar-refractivity contribution < 1.29 is 18.9 Å². The number of hydrogen-bond acceptors (Lipinski definition) is 5. The SMILES string of the molecule is CNC(=O)c1cc(C(=O)Nc2ccc(C)c(-c3cc(C(=O)NCC(C)(C)C)on3)c2)cc(C(C)(C)C)c1. The number of carbonyl (C=O) groups excluding carboxylic acids is 3. The van der Waals surface area contributed by atoms with Crippen molar-refractivity contribution in [2.45, 2.75) is 53.9 Å². The van der Waals surface area contributed by atoms with Crippen molar-refractivity contribution in [3.8, 4) is 11.3 Å². The van der Waals surface area contributed by atoms with Gasteiger partial charge in [-0.3, -0.25) is 14.4 Å². The van der Waals surface area contributed by atoms with E-state index in [2.05, 4.69) is 21.1 Å². The number of anilines is 1. The van der Waals surface area contributed by atoms with Crippen LogP contribution >= 0.6 is 0 Å². The second kappa shape index (κ2) is 10.6. The van der Waals surface area contributed by atoms with Gasteiger partial charge in [-0.25, -0.2) is 0 Å². The first-order valence-corrected chi connectivity index (χ1v) is 12.2. The Hall–Kier alpha value is -3.94. The number of aryl methyl sites for hydroxylation is 1. The maximum atomic E-state index is 13.2. The highest BCUT2D eigenvalue weighted by atomic mass is 16.5. The lowest BCUT2D eigenvalue weighted by Gasteiger charge is -2.21. The van der Waals surface area contributed by atoms with Crippen LogP contribution in [0.3, 0.4) is 0 Å². The maximum absolute atomic E-state index is 13.2. The van der Waals surface area contributed by atoms with E-state index in [0.29, 0.717) is 29.1 Å². The van der Waals surface area contributed by atoms with Gasteiger partial charge in [0.1, 0.15) is 5.69 Å². The lowest BCUT2D eigenvalue weighted by Crippen LogP contribution is -2.31. The topological polar surface area (TPSA) is 113 Å². The molecule has 196 valence electrons. The van der Waals surface area contributed by atoms with Crippen LogP contribution in [0.5, 0.6) is 0 Å². The van der Waals surface area contributed by atoms with Crippen LogP contribution in [0.4, 0.5) is 5.69 Å². The Labute approximate surface area is 218 Å². The number of nitrogens with zero attached hydrogens (tertiary/aromatic N) is 1. The van der Waals surface area contributed by atoms with Crippen LogP contribution in [0.1, 0.15) is 83.9 Å². The Morgan fingerprint density at radius 2 is 1.51 bits per heavy atom. The van der Waals surface area contributed by atoms with E-state index in [9.17, 15) is 14.4 Å². The van der Waals surface area contributed by atoms with Gasteiger partial charge in [-0.2, -0.15) is 0 Å². The van der Waals surface area contributed by atoms with Gasteiger partial charge in [-0.15, -0.1) is 0 Å². The third kappa shape index (κ3) is 7.06. The highest BCUT2D eigenvalue weighted by Gasteiger charge is 2.21. The number of amides is 3. The molecule has 0 bridgehead atoms. The zero-order valence-corrected chi connectivity index (χ0v) is 22.8. The fourth-order valence-corrected chi connectivity index (χ4v) is 3.59. The predicted octanol–water partition coefficient (Wildman–Crippen LogP) is 5.34. The Bertz CT molecular complexity index is 1330. The number of aromatic nitrogens is 1. The van der Waals surface area contributed by atoms with Gasteiger partial charge >= 0.3 is 0 Å². The van der Waals surface area contributed by atoms with Crippen molar-refractivity contribution in [3.05, 3.63) is 70.5 Å². The van der Waals surface area contributed by atoms with E-state index in [0.717, 1.165) is 16.7 Å². The zero-order valence-electron chi connectivity index (χ0n) is 22.8. The normalized spacial score (nSPS) is 11.7. The van der Waals surface area contributed by atoms with Crippen LogP contribution < -0.4 is 16.0 Å². The summed E-state index contributed by atoms with van der Waals surface area (Å²) in [4.78, 5) is 38.0. The van der Waals surface area contributed by atoms with Crippen LogP contribution in [-0.4, -0.2) is 36.5 Å². The minimum atomic E-state index is -0.339.